The summed E-state index contributed by atoms with van der Waals surface area (Å²) in [5.74, 6) is -0.214. The van der Waals surface area contributed by atoms with Gasteiger partial charge in [0, 0.05) is 13.1 Å². The predicted octanol–water partition coefficient (Wildman–Crippen LogP) is 1.46. The van der Waals surface area contributed by atoms with Gasteiger partial charge >= 0.3 is 0 Å². The highest BCUT2D eigenvalue weighted by molar-refractivity contribution is 5.97. The molecule has 0 radical (unpaired) electrons. The number of aromatic hydroxyl groups is 1. The van der Waals surface area contributed by atoms with E-state index in [-0.39, 0.29) is 24.8 Å². The third kappa shape index (κ3) is 2.77. The van der Waals surface area contributed by atoms with Crippen molar-refractivity contribution >= 4 is 5.91 Å². The average molecular weight is 237 g/mol. The molecule has 0 aliphatic carbocycles. The monoisotopic (exact) mass is 237 g/mol. The van der Waals surface area contributed by atoms with E-state index < -0.39 is 0 Å². The molecule has 0 aliphatic heterocycles. The average Bonchev–Trinajstić information content (AvgIpc) is 2.32. The van der Waals surface area contributed by atoms with Crippen molar-refractivity contribution in [3.63, 3.8) is 0 Å². The largest absolute Gasteiger partial charge is 0.507 e. The molecule has 0 saturated heterocycles. The van der Waals surface area contributed by atoms with Gasteiger partial charge in [-0.05, 0) is 38.0 Å². The third-order valence-electron chi connectivity index (χ3n) is 2.97. The van der Waals surface area contributed by atoms with E-state index in [1.54, 1.807) is 13.0 Å². The molecule has 1 aromatic rings. The number of carbonyl (C=O) groups excluding carboxylic acids is 1. The van der Waals surface area contributed by atoms with Gasteiger partial charge in [0.05, 0.1) is 12.2 Å². The number of aliphatic hydroxyl groups is 1. The lowest BCUT2D eigenvalue weighted by atomic mass is 10.0. The third-order valence-corrected chi connectivity index (χ3v) is 2.97. The molecule has 1 rings (SSSR count). The second kappa shape index (κ2) is 5.68. The Kier molecular flexibility index (Phi) is 4.52. The summed E-state index contributed by atoms with van der Waals surface area (Å²) in [5.41, 5.74) is 1.96. The van der Waals surface area contributed by atoms with Crippen LogP contribution < -0.4 is 0 Å². The van der Waals surface area contributed by atoms with Crippen molar-refractivity contribution in [2.75, 3.05) is 19.7 Å². The van der Waals surface area contributed by atoms with Gasteiger partial charge in [0.2, 0.25) is 0 Å². The highest BCUT2D eigenvalue weighted by atomic mass is 16.3. The minimum atomic E-state index is -0.248. The van der Waals surface area contributed by atoms with Gasteiger partial charge < -0.3 is 15.1 Å². The zero-order valence-electron chi connectivity index (χ0n) is 10.5. The fourth-order valence-electron chi connectivity index (χ4n) is 1.67. The SMILES string of the molecule is CCN(CCO)C(=O)c1ccc(C)c(C)c1O. The standard InChI is InChI=1S/C13H19NO3/c1-4-14(7-8-15)13(17)11-6-5-9(2)10(3)12(11)16/h5-6,15-16H,4,7-8H2,1-3H3. The fourth-order valence-corrected chi connectivity index (χ4v) is 1.67. The van der Waals surface area contributed by atoms with E-state index in [1.807, 2.05) is 19.9 Å². The number of rotatable bonds is 4. The molecule has 4 nitrogen and oxygen atoms in total. The molecular weight excluding hydrogens is 218 g/mol. The van der Waals surface area contributed by atoms with Crippen molar-refractivity contribution in [2.24, 2.45) is 0 Å². The van der Waals surface area contributed by atoms with Crippen LogP contribution in [0.3, 0.4) is 0 Å². The number of phenolic OH excluding ortho intramolecular Hbond substituents is 1. The summed E-state index contributed by atoms with van der Waals surface area (Å²) < 4.78 is 0. The first kappa shape index (κ1) is 13.5. The number of amides is 1. The van der Waals surface area contributed by atoms with Crippen LogP contribution in [0.5, 0.6) is 5.75 Å². The van der Waals surface area contributed by atoms with Gasteiger partial charge in [-0.1, -0.05) is 6.07 Å². The topological polar surface area (TPSA) is 60.8 Å². The van der Waals surface area contributed by atoms with Gasteiger partial charge in [-0.2, -0.15) is 0 Å². The number of carbonyl (C=O) groups is 1. The number of phenols is 1. The number of hydrogen-bond donors (Lipinski definition) is 2. The highest BCUT2D eigenvalue weighted by Crippen LogP contribution is 2.25. The maximum absolute atomic E-state index is 12.1. The molecule has 0 aromatic heterocycles. The molecule has 0 bridgehead atoms. The molecule has 0 saturated carbocycles. The van der Waals surface area contributed by atoms with Crippen LogP contribution in [0.1, 0.15) is 28.4 Å². The molecule has 1 amide bonds. The minimum absolute atomic E-state index is 0.0337. The summed E-state index contributed by atoms with van der Waals surface area (Å²) in [7, 11) is 0. The van der Waals surface area contributed by atoms with Crippen LogP contribution >= 0.6 is 0 Å². The Morgan fingerprint density at radius 1 is 1.35 bits per heavy atom. The zero-order valence-corrected chi connectivity index (χ0v) is 10.5. The summed E-state index contributed by atoms with van der Waals surface area (Å²) >= 11 is 0. The molecule has 4 heteroatoms. The minimum Gasteiger partial charge on any atom is -0.507 e. The Morgan fingerprint density at radius 3 is 2.53 bits per heavy atom. The maximum Gasteiger partial charge on any atom is 0.257 e. The smallest absolute Gasteiger partial charge is 0.257 e. The molecule has 17 heavy (non-hydrogen) atoms. The zero-order chi connectivity index (χ0) is 13.0. The Bertz CT molecular complexity index is 415. The fraction of sp³-hybridized carbons (Fsp3) is 0.462. The van der Waals surface area contributed by atoms with Crippen molar-refractivity contribution in [3.8, 4) is 5.75 Å². The molecule has 0 spiro atoms. The normalized spacial score (nSPS) is 10.4. The van der Waals surface area contributed by atoms with Gasteiger partial charge in [-0.3, -0.25) is 4.79 Å². The molecule has 0 atom stereocenters. The van der Waals surface area contributed by atoms with E-state index in [4.69, 9.17) is 5.11 Å². The summed E-state index contributed by atoms with van der Waals surface area (Å²) in [4.78, 5) is 13.6. The van der Waals surface area contributed by atoms with Gasteiger partial charge in [0.1, 0.15) is 5.75 Å². The Hall–Kier alpha value is -1.55. The predicted molar refractivity (Wildman–Crippen MR) is 66.2 cm³/mol. The van der Waals surface area contributed by atoms with Crippen LogP contribution in [0.4, 0.5) is 0 Å². The highest BCUT2D eigenvalue weighted by Gasteiger charge is 2.18. The van der Waals surface area contributed by atoms with Crippen LogP contribution in [0.25, 0.3) is 0 Å². The first-order valence-corrected chi connectivity index (χ1v) is 5.72. The molecule has 0 fully saturated rings. The quantitative estimate of drug-likeness (QED) is 0.833. The lowest BCUT2D eigenvalue weighted by Crippen LogP contribution is -2.33. The first-order valence-electron chi connectivity index (χ1n) is 5.72. The number of benzene rings is 1. The number of hydrogen-bond acceptors (Lipinski definition) is 3. The lowest BCUT2D eigenvalue weighted by Gasteiger charge is -2.20. The number of nitrogens with zero attached hydrogens (tertiary/aromatic N) is 1. The molecule has 1 aromatic carbocycles. The maximum atomic E-state index is 12.1. The van der Waals surface area contributed by atoms with Crippen molar-refractivity contribution in [3.05, 3.63) is 28.8 Å². The van der Waals surface area contributed by atoms with Crippen molar-refractivity contribution < 1.29 is 15.0 Å². The van der Waals surface area contributed by atoms with Gasteiger partial charge in [0.25, 0.3) is 5.91 Å². The summed E-state index contributed by atoms with van der Waals surface area (Å²) in [6, 6.07) is 3.44. The molecule has 0 heterocycles. The lowest BCUT2D eigenvalue weighted by molar-refractivity contribution is 0.0729. The molecule has 0 aliphatic rings. The van der Waals surface area contributed by atoms with E-state index >= 15 is 0 Å². The second-order valence-electron chi connectivity index (χ2n) is 4.01. The second-order valence-corrected chi connectivity index (χ2v) is 4.01. The van der Waals surface area contributed by atoms with Crippen LogP contribution in [0.15, 0.2) is 12.1 Å². The molecule has 2 N–H and O–H groups in total. The van der Waals surface area contributed by atoms with Gasteiger partial charge in [-0.15, -0.1) is 0 Å². The van der Waals surface area contributed by atoms with Crippen LogP contribution in [-0.2, 0) is 0 Å². The molecule has 94 valence electrons. The van der Waals surface area contributed by atoms with Crippen molar-refractivity contribution in [1.29, 1.82) is 0 Å². The number of aliphatic hydroxyl groups excluding tert-OH is 1. The van der Waals surface area contributed by atoms with Crippen LogP contribution in [0, 0.1) is 13.8 Å². The van der Waals surface area contributed by atoms with Crippen LogP contribution in [-0.4, -0.2) is 40.7 Å². The summed E-state index contributed by atoms with van der Waals surface area (Å²) in [5, 5.41) is 18.8. The first-order chi connectivity index (χ1) is 8.02. The number of likely N-dealkylation sites (N-methyl/N-ethyl adjacent to an activating group) is 1. The number of aryl methyl sites for hydroxylation is 1. The van der Waals surface area contributed by atoms with Crippen LogP contribution in [0.2, 0.25) is 0 Å². The Labute approximate surface area is 101 Å². The van der Waals surface area contributed by atoms with E-state index in [1.165, 1.54) is 4.90 Å². The van der Waals surface area contributed by atoms with Crippen molar-refractivity contribution in [1.82, 2.24) is 4.90 Å². The Balaban J connectivity index is 3.08. The van der Waals surface area contributed by atoms with E-state index in [9.17, 15) is 9.90 Å². The van der Waals surface area contributed by atoms with E-state index in [2.05, 4.69) is 0 Å². The van der Waals surface area contributed by atoms with Gasteiger partial charge in [0.15, 0.2) is 0 Å². The van der Waals surface area contributed by atoms with Gasteiger partial charge in [-0.25, -0.2) is 0 Å². The molecular formula is C13H19NO3. The van der Waals surface area contributed by atoms with Crippen molar-refractivity contribution in [2.45, 2.75) is 20.8 Å². The van der Waals surface area contributed by atoms with E-state index in [0.717, 1.165) is 11.1 Å². The Morgan fingerprint density at radius 2 is 2.00 bits per heavy atom. The summed E-state index contributed by atoms with van der Waals surface area (Å²) in [6.45, 7) is 6.21. The summed E-state index contributed by atoms with van der Waals surface area (Å²) in [6.07, 6.45) is 0. The van der Waals surface area contributed by atoms with E-state index in [0.29, 0.717) is 12.1 Å². The molecule has 0 unspecified atom stereocenters.